The van der Waals surface area contributed by atoms with Gasteiger partial charge in [0, 0.05) is 33.2 Å². The molecule has 1 aromatic carbocycles. The molecule has 0 aliphatic rings. The first-order valence-electron chi connectivity index (χ1n) is 7.64. The molecule has 1 N–H and O–H groups in total. The van der Waals surface area contributed by atoms with Crippen molar-refractivity contribution in [2.45, 2.75) is 26.2 Å². The first kappa shape index (κ1) is 19.4. The summed E-state index contributed by atoms with van der Waals surface area (Å²) in [6, 6.07) is 7.33. The molecule has 0 saturated heterocycles. The van der Waals surface area contributed by atoms with Gasteiger partial charge in [-0.05, 0) is 37.5 Å². The zero-order chi connectivity index (χ0) is 17.3. The Morgan fingerprint density at radius 3 is 2.65 bits per heavy atom. The molecule has 23 heavy (non-hydrogen) atoms. The zero-order valence-corrected chi connectivity index (χ0v) is 14.9. The lowest BCUT2D eigenvalue weighted by Crippen LogP contribution is -2.32. The summed E-state index contributed by atoms with van der Waals surface area (Å²) in [5.74, 6) is -0.0706. The van der Waals surface area contributed by atoms with Crippen LogP contribution in [0.25, 0.3) is 0 Å². The molecule has 130 valence electrons. The second kappa shape index (κ2) is 9.52. The molecule has 0 aliphatic carbocycles. The van der Waals surface area contributed by atoms with Gasteiger partial charge in [0.15, 0.2) is 0 Å². The Kier molecular flexibility index (Phi) is 8.05. The fourth-order valence-corrected chi connectivity index (χ4v) is 3.14. The fraction of sp³-hybridized carbons (Fsp3) is 0.562. The predicted molar refractivity (Wildman–Crippen MR) is 92.1 cm³/mol. The van der Waals surface area contributed by atoms with Crippen LogP contribution in [0.4, 0.5) is 5.69 Å². The second-order valence-corrected chi connectivity index (χ2v) is 7.38. The minimum atomic E-state index is -3.37. The van der Waals surface area contributed by atoms with Crippen LogP contribution in [0.3, 0.4) is 0 Å². The molecule has 0 saturated carbocycles. The maximum Gasteiger partial charge on any atom is 0.232 e. The molecule has 0 aliphatic heterocycles. The second-order valence-electron chi connectivity index (χ2n) is 5.47. The Labute approximate surface area is 138 Å². The summed E-state index contributed by atoms with van der Waals surface area (Å²) in [5.41, 5.74) is 1.63. The highest BCUT2D eigenvalue weighted by Crippen LogP contribution is 2.19. The molecule has 7 heteroatoms. The molecule has 1 amide bonds. The zero-order valence-electron chi connectivity index (χ0n) is 14.0. The number of carbonyl (C=O) groups excluding carboxylic acids is 1. The number of amides is 1. The predicted octanol–water partition coefficient (Wildman–Crippen LogP) is 1.69. The van der Waals surface area contributed by atoms with E-state index in [-0.39, 0.29) is 12.5 Å². The average molecular weight is 342 g/mol. The fourth-order valence-electron chi connectivity index (χ4n) is 2.19. The largest absolute Gasteiger partial charge is 0.385 e. The van der Waals surface area contributed by atoms with Gasteiger partial charge >= 0.3 is 0 Å². The summed E-state index contributed by atoms with van der Waals surface area (Å²) in [6.07, 6.45) is 2.71. The third-order valence-corrected chi connectivity index (χ3v) is 4.50. The van der Waals surface area contributed by atoms with Crippen molar-refractivity contribution in [2.75, 3.05) is 37.4 Å². The van der Waals surface area contributed by atoms with Gasteiger partial charge in [0.05, 0.1) is 11.9 Å². The molecule has 0 spiro atoms. The van der Waals surface area contributed by atoms with E-state index in [9.17, 15) is 13.2 Å². The van der Waals surface area contributed by atoms with Crippen LogP contribution < -0.4 is 9.62 Å². The monoisotopic (exact) mass is 342 g/mol. The van der Waals surface area contributed by atoms with Crippen LogP contribution in [0.1, 0.15) is 24.8 Å². The highest BCUT2D eigenvalue weighted by molar-refractivity contribution is 7.92. The molecule has 0 fully saturated rings. The number of methoxy groups -OCH3 is 1. The van der Waals surface area contributed by atoms with Gasteiger partial charge in [0.2, 0.25) is 15.9 Å². The summed E-state index contributed by atoms with van der Waals surface area (Å²) >= 11 is 0. The molecule has 0 atom stereocenters. The third-order valence-electron chi connectivity index (χ3n) is 3.30. The lowest BCUT2D eigenvalue weighted by Gasteiger charge is -2.22. The number of hydrogen-bond acceptors (Lipinski definition) is 4. The number of aryl methyl sites for hydroxylation is 1. The van der Waals surface area contributed by atoms with Crippen LogP contribution in [-0.4, -0.2) is 47.4 Å². The molecular formula is C16H26N2O4S. The molecule has 0 heterocycles. The Balaban J connectivity index is 2.52. The van der Waals surface area contributed by atoms with Crippen LogP contribution in [0, 0.1) is 6.92 Å². The Bertz CT molecular complexity index is 602. The van der Waals surface area contributed by atoms with Crippen molar-refractivity contribution in [3.05, 3.63) is 29.8 Å². The Morgan fingerprint density at radius 1 is 1.30 bits per heavy atom. The highest BCUT2D eigenvalue weighted by Gasteiger charge is 2.17. The number of anilines is 1. The van der Waals surface area contributed by atoms with Crippen molar-refractivity contribution in [2.24, 2.45) is 0 Å². The number of benzene rings is 1. The van der Waals surface area contributed by atoms with E-state index >= 15 is 0 Å². The molecule has 1 rings (SSSR count). The van der Waals surface area contributed by atoms with Crippen molar-refractivity contribution >= 4 is 21.6 Å². The van der Waals surface area contributed by atoms with E-state index in [1.807, 2.05) is 25.1 Å². The number of sulfonamides is 1. The summed E-state index contributed by atoms with van der Waals surface area (Å²) in [4.78, 5) is 11.7. The lowest BCUT2D eigenvalue weighted by atomic mass is 10.2. The number of ether oxygens (including phenoxy) is 1. The van der Waals surface area contributed by atoms with Crippen LogP contribution in [-0.2, 0) is 19.6 Å². The van der Waals surface area contributed by atoms with Gasteiger partial charge in [-0.25, -0.2) is 8.42 Å². The van der Waals surface area contributed by atoms with Crippen LogP contribution >= 0.6 is 0 Å². The van der Waals surface area contributed by atoms with Crippen LogP contribution in [0.15, 0.2) is 24.3 Å². The van der Waals surface area contributed by atoms with E-state index < -0.39 is 10.0 Å². The first-order valence-corrected chi connectivity index (χ1v) is 9.49. The van der Waals surface area contributed by atoms with Gasteiger partial charge in [0.25, 0.3) is 0 Å². The van der Waals surface area contributed by atoms with Gasteiger partial charge in [0.1, 0.15) is 0 Å². The van der Waals surface area contributed by atoms with E-state index in [0.717, 1.165) is 12.0 Å². The van der Waals surface area contributed by atoms with Crippen molar-refractivity contribution in [3.8, 4) is 0 Å². The van der Waals surface area contributed by atoms with E-state index in [4.69, 9.17) is 4.74 Å². The Hall–Kier alpha value is -1.60. The first-order chi connectivity index (χ1) is 10.8. The van der Waals surface area contributed by atoms with Gasteiger partial charge < -0.3 is 10.1 Å². The van der Waals surface area contributed by atoms with Crippen molar-refractivity contribution < 1.29 is 17.9 Å². The van der Waals surface area contributed by atoms with Gasteiger partial charge in [-0.3, -0.25) is 9.10 Å². The van der Waals surface area contributed by atoms with Crippen molar-refractivity contribution in [3.63, 3.8) is 0 Å². The number of hydrogen-bond donors (Lipinski definition) is 1. The number of carbonyl (C=O) groups is 1. The molecule has 0 bridgehead atoms. The topological polar surface area (TPSA) is 75.7 Å². The van der Waals surface area contributed by atoms with Crippen molar-refractivity contribution in [1.82, 2.24) is 5.32 Å². The number of rotatable bonds is 10. The van der Waals surface area contributed by atoms with E-state index in [1.165, 1.54) is 10.6 Å². The van der Waals surface area contributed by atoms with Crippen LogP contribution in [0.2, 0.25) is 0 Å². The van der Waals surface area contributed by atoms with Gasteiger partial charge in [-0.15, -0.1) is 0 Å². The highest BCUT2D eigenvalue weighted by atomic mass is 32.2. The van der Waals surface area contributed by atoms with E-state index in [0.29, 0.717) is 31.7 Å². The van der Waals surface area contributed by atoms with Crippen LogP contribution in [0.5, 0.6) is 0 Å². The minimum absolute atomic E-state index is 0.0706. The molecule has 0 unspecified atom stereocenters. The smallest absolute Gasteiger partial charge is 0.232 e. The average Bonchev–Trinajstić information content (AvgIpc) is 2.47. The number of nitrogens with zero attached hydrogens (tertiary/aromatic N) is 1. The lowest BCUT2D eigenvalue weighted by molar-refractivity contribution is -0.121. The maximum atomic E-state index is 12.0. The molecule has 0 aromatic heterocycles. The standard InChI is InChI=1S/C16H26N2O4S/c1-14-7-4-8-15(13-14)18(23(3,20)21)11-5-9-16(19)17-10-6-12-22-2/h4,7-8,13H,5-6,9-12H2,1-3H3,(H,17,19). The molecule has 1 aromatic rings. The quantitative estimate of drug-likeness (QED) is 0.657. The molecular weight excluding hydrogens is 316 g/mol. The van der Waals surface area contributed by atoms with E-state index in [2.05, 4.69) is 5.32 Å². The Morgan fingerprint density at radius 2 is 2.04 bits per heavy atom. The summed E-state index contributed by atoms with van der Waals surface area (Å²) in [7, 11) is -1.75. The van der Waals surface area contributed by atoms with Gasteiger partial charge in [-0.2, -0.15) is 0 Å². The van der Waals surface area contributed by atoms with Crippen molar-refractivity contribution in [1.29, 1.82) is 0 Å². The summed E-state index contributed by atoms with van der Waals surface area (Å²) in [5, 5.41) is 2.79. The SMILES string of the molecule is COCCCNC(=O)CCCN(c1cccc(C)c1)S(C)(=O)=O. The molecule has 6 nitrogen and oxygen atoms in total. The molecule has 0 radical (unpaired) electrons. The third kappa shape index (κ3) is 7.47. The number of nitrogens with one attached hydrogen (secondary N) is 1. The minimum Gasteiger partial charge on any atom is -0.385 e. The van der Waals surface area contributed by atoms with E-state index in [1.54, 1.807) is 13.2 Å². The van der Waals surface area contributed by atoms with Gasteiger partial charge in [-0.1, -0.05) is 12.1 Å². The normalized spacial score (nSPS) is 11.3. The summed E-state index contributed by atoms with van der Waals surface area (Å²) in [6.45, 7) is 3.38. The summed E-state index contributed by atoms with van der Waals surface area (Å²) < 4.78 is 30.2. The maximum absolute atomic E-state index is 12.0.